The van der Waals surface area contributed by atoms with Crippen molar-refractivity contribution < 1.29 is 4.74 Å². The number of nitrogens with one attached hydrogen (secondary N) is 2. The van der Waals surface area contributed by atoms with Gasteiger partial charge in [-0.15, -0.1) is 11.3 Å². The zero-order valence-electron chi connectivity index (χ0n) is 12.5. The van der Waals surface area contributed by atoms with Gasteiger partial charge in [-0.1, -0.05) is 6.92 Å². The summed E-state index contributed by atoms with van der Waals surface area (Å²) < 4.78 is 5.38. The lowest BCUT2D eigenvalue weighted by molar-refractivity contribution is 0.0495. The molecule has 0 saturated carbocycles. The minimum Gasteiger partial charge on any atom is -0.379 e. The van der Waals surface area contributed by atoms with E-state index < -0.39 is 0 Å². The Hall–Kier alpha value is -1.44. The van der Waals surface area contributed by atoms with Gasteiger partial charge in [0.2, 0.25) is 5.95 Å². The first kappa shape index (κ1) is 14.5. The number of aryl methyl sites for hydroxylation is 1. The Bertz CT molecular complexity index is 609. The fourth-order valence-corrected chi connectivity index (χ4v) is 3.26. The van der Waals surface area contributed by atoms with E-state index in [1.54, 1.807) is 11.3 Å². The zero-order chi connectivity index (χ0) is 14.7. The summed E-state index contributed by atoms with van der Waals surface area (Å²) in [6.07, 6.45) is 1.02. The van der Waals surface area contributed by atoms with E-state index in [9.17, 15) is 0 Å². The Labute approximate surface area is 128 Å². The molecule has 114 valence electrons. The standard InChI is InChI=1S/C14H21N5OS/c1-3-10-9-11-12(18-19-5-7-20-8-6-19)16-14(15-4-2)17-13(11)21-10/h9H,3-8H2,1-2H3,(H2,15,16,17,18). The molecule has 0 atom stereocenters. The Kier molecular flexibility index (Phi) is 4.52. The number of aromatic nitrogens is 2. The number of hydrogen-bond acceptors (Lipinski definition) is 7. The monoisotopic (exact) mass is 307 g/mol. The van der Waals surface area contributed by atoms with Crippen molar-refractivity contribution in [1.29, 1.82) is 0 Å². The minimum absolute atomic E-state index is 0.685. The van der Waals surface area contributed by atoms with E-state index in [1.165, 1.54) is 4.88 Å². The molecule has 0 aliphatic carbocycles. The molecule has 0 unspecified atom stereocenters. The van der Waals surface area contributed by atoms with Crippen LogP contribution in [0.4, 0.5) is 11.8 Å². The van der Waals surface area contributed by atoms with Gasteiger partial charge in [0.15, 0.2) is 5.82 Å². The molecule has 0 amide bonds. The quantitative estimate of drug-likeness (QED) is 0.884. The van der Waals surface area contributed by atoms with Crippen molar-refractivity contribution in [2.45, 2.75) is 20.3 Å². The van der Waals surface area contributed by atoms with Crippen molar-refractivity contribution in [3.63, 3.8) is 0 Å². The Morgan fingerprint density at radius 1 is 1.29 bits per heavy atom. The number of thiophene rings is 1. The first-order valence-corrected chi connectivity index (χ1v) is 8.25. The summed E-state index contributed by atoms with van der Waals surface area (Å²) in [6.45, 7) is 8.28. The predicted octanol–water partition coefficient (Wildman–Crippen LogP) is 2.34. The maximum Gasteiger partial charge on any atom is 0.226 e. The SMILES string of the molecule is CCNc1nc(NN2CCOCC2)c2cc(CC)sc2n1. The largest absolute Gasteiger partial charge is 0.379 e. The minimum atomic E-state index is 0.685. The van der Waals surface area contributed by atoms with Crippen LogP contribution < -0.4 is 10.7 Å². The number of hydrogen-bond donors (Lipinski definition) is 2. The molecule has 2 N–H and O–H groups in total. The third-order valence-corrected chi connectivity index (χ3v) is 4.58. The predicted molar refractivity (Wildman–Crippen MR) is 87.0 cm³/mol. The van der Waals surface area contributed by atoms with Crippen LogP contribution in [0.1, 0.15) is 18.7 Å². The van der Waals surface area contributed by atoms with E-state index in [1.807, 2.05) is 0 Å². The highest BCUT2D eigenvalue weighted by atomic mass is 32.1. The number of morpholine rings is 1. The Morgan fingerprint density at radius 3 is 2.81 bits per heavy atom. The van der Waals surface area contributed by atoms with E-state index in [0.717, 1.165) is 55.3 Å². The van der Waals surface area contributed by atoms with Crippen LogP contribution in [0, 0.1) is 0 Å². The van der Waals surface area contributed by atoms with Crippen molar-refractivity contribution in [2.75, 3.05) is 43.6 Å². The molecular weight excluding hydrogens is 286 g/mol. The summed E-state index contributed by atoms with van der Waals surface area (Å²) in [6, 6.07) is 2.19. The third-order valence-electron chi connectivity index (χ3n) is 3.40. The molecule has 0 spiro atoms. The molecule has 6 nitrogen and oxygen atoms in total. The summed E-state index contributed by atoms with van der Waals surface area (Å²) >= 11 is 1.74. The van der Waals surface area contributed by atoms with Crippen LogP contribution in [0.2, 0.25) is 0 Å². The van der Waals surface area contributed by atoms with Gasteiger partial charge >= 0.3 is 0 Å². The number of fused-ring (bicyclic) bond motifs is 1. The van der Waals surface area contributed by atoms with Crippen LogP contribution in [-0.4, -0.2) is 47.8 Å². The number of anilines is 2. The molecule has 0 aromatic carbocycles. The van der Waals surface area contributed by atoms with Gasteiger partial charge in [0.25, 0.3) is 0 Å². The second-order valence-corrected chi connectivity index (χ2v) is 6.04. The lowest BCUT2D eigenvalue weighted by Gasteiger charge is -2.27. The molecular formula is C14H21N5OS. The van der Waals surface area contributed by atoms with Crippen molar-refractivity contribution in [3.05, 3.63) is 10.9 Å². The third kappa shape index (κ3) is 3.25. The normalized spacial score (nSPS) is 16.3. The van der Waals surface area contributed by atoms with Crippen LogP contribution in [-0.2, 0) is 11.2 Å². The molecule has 1 aliphatic heterocycles. The van der Waals surface area contributed by atoms with Gasteiger partial charge < -0.3 is 15.5 Å². The maximum atomic E-state index is 5.38. The van der Waals surface area contributed by atoms with Crippen molar-refractivity contribution >= 4 is 33.3 Å². The summed E-state index contributed by atoms with van der Waals surface area (Å²) in [4.78, 5) is 11.6. The topological polar surface area (TPSA) is 62.3 Å². The van der Waals surface area contributed by atoms with Gasteiger partial charge in [-0.2, -0.15) is 4.98 Å². The molecule has 3 heterocycles. The highest BCUT2D eigenvalue weighted by Crippen LogP contribution is 2.30. The lowest BCUT2D eigenvalue weighted by atomic mass is 10.3. The second-order valence-electron chi connectivity index (χ2n) is 4.92. The molecule has 2 aromatic rings. The first-order chi connectivity index (χ1) is 10.3. The van der Waals surface area contributed by atoms with Gasteiger partial charge in [0, 0.05) is 24.5 Å². The van der Waals surface area contributed by atoms with E-state index in [2.05, 4.69) is 45.6 Å². The molecule has 21 heavy (non-hydrogen) atoms. The number of nitrogens with zero attached hydrogens (tertiary/aromatic N) is 3. The van der Waals surface area contributed by atoms with Crippen molar-refractivity contribution in [2.24, 2.45) is 0 Å². The lowest BCUT2D eigenvalue weighted by Crippen LogP contribution is -2.40. The Balaban J connectivity index is 1.94. The second kappa shape index (κ2) is 6.55. The molecule has 3 rings (SSSR count). The highest BCUT2D eigenvalue weighted by Gasteiger charge is 2.15. The molecule has 1 saturated heterocycles. The van der Waals surface area contributed by atoms with Crippen molar-refractivity contribution in [1.82, 2.24) is 15.0 Å². The molecule has 1 aliphatic rings. The highest BCUT2D eigenvalue weighted by molar-refractivity contribution is 7.18. The molecule has 2 aromatic heterocycles. The van der Waals surface area contributed by atoms with Gasteiger partial charge in [-0.25, -0.2) is 9.99 Å². The maximum absolute atomic E-state index is 5.38. The molecule has 0 radical (unpaired) electrons. The summed E-state index contributed by atoms with van der Waals surface area (Å²) in [7, 11) is 0. The first-order valence-electron chi connectivity index (χ1n) is 7.43. The zero-order valence-corrected chi connectivity index (χ0v) is 13.3. The summed E-state index contributed by atoms with van der Waals surface area (Å²) in [5.41, 5.74) is 3.43. The number of rotatable bonds is 5. The fraction of sp³-hybridized carbons (Fsp3) is 0.571. The van der Waals surface area contributed by atoms with E-state index >= 15 is 0 Å². The van der Waals surface area contributed by atoms with Gasteiger partial charge in [0.1, 0.15) is 4.83 Å². The number of ether oxygens (including phenoxy) is 1. The Morgan fingerprint density at radius 2 is 2.10 bits per heavy atom. The van der Waals surface area contributed by atoms with Gasteiger partial charge in [0.05, 0.1) is 18.6 Å². The van der Waals surface area contributed by atoms with Crippen molar-refractivity contribution in [3.8, 4) is 0 Å². The van der Waals surface area contributed by atoms with Gasteiger partial charge in [-0.05, 0) is 19.4 Å². The van der Waals surface area contributed by atoms with E-state index in [0.29, 0.717) is 5.95 Å². The summed E-state index contributed by atoms with van der Waals surface area (Å²) in [5, 5.41) is 6.46. The average Bonchev–Trinajstić information content (AvgIpc) is 2.92. The molecule has 1 fully saturated rings. The van der Waals surface area contributed by atoms with Crippen LogP contribution in [0.5, 0.6) is 0 Å². The molecule has 7 heteroatoms. The van der Waals surface area contributed by atoms with Gasteiger partial charge in [-0.3, -0.25) is 0 Å². The van der Waals surface area contributed by atoms with E-state index in [-0.39, 0.29) is 0 Å². The average molecular weight is 307 g/mol. The van der Waals surface area contributed by atoms with Crippen LogP contribution in [0.25, 0.3) is 10.2 Å². The smallest absolute Gasteiger partial charge is 0.226 e. The summed E-state index contributed by atoms with van der Waals surface area (Å²) in [5.74, 6) is 1.57. The van der Waals surface area contributed by atoms with E-state index in [4.69, 9.17) is 4.74 Å². The van der Waals surface area contributed by atoms with Crippen LogP contribution >= 0.6 is 11.3 Å². The van der Waals surface area contributed by atoms with Crippen LogP contribution in [0.3, 0.4) is 0 Å². The fourth-order valence-electron chi connectivity index (χ4n) is 2.29. The van der Waals surface area contributed by atoms with Crippen LogP contribution in [0.15, 0.2) is 6.07 Å². The number of hydrazine groups is 1. The molecule has 0 bridgehead atoms.